The Morgan fingerprint density at radius 3 is 2.94 bits per heavy atom. The molecular weight excluding hydrogens is 267 g/mol. The summed E-state index contributed by atoms with van der Waals surface area (Å²) in [6.07, 6.45) is 2.51. The van der Waals surface area contributed by atoms with Crippen LogP contribution in [-0.2, 0) is 0 Å². The minimum Gasteiger partial charge on any atom is -0.318 e. The molecule has 1 aliphatic heterocycles. The third kappa shape index (κ3) is 2.83. The van der Waals surface area contributed by atoms with E-state index in [0.29, 0.717) is 22.1 Å². The first-order valence-corrected chi connectivity index (χ1v) is 7.25. The van der Waals surface area contributed by atoms with Gasteiger partial charge >= 0.3 is 0 Å². The predicted molar refractivity (Wildman–Crippen MR) is 78.5 cm³/mol. The van der Waals surface area contributed by atoms with E-state index in [9.17, 15) is 0 Å². The van der Waals surface area contributed by atoms with Gasteiger partial charge in [-0.3, -0.25) is 4.90 Å². The van der Waals surface area contributed by atoms with E-state index in [1.165, 1.54) is 12.8 Å². The summed E-state index contributed by atoms with van der Waals surface area (Å²) in [6.45, 7) is 4.38. The van der Waals surface area contributed by atoms with Crippen LogP contribution in [0.25, 0.3) is 0 Å². The van der Waals surface area contributed by atoms with E-state index in [0.717, 1.165) is 18.7 Å². The zero-order chi connectivity index (χ0) is 13.1. The first-order chi connectivity index (χ1) is 8.65. The highest BCUT2D eigenvalue weighted by atomic mass is 35.5. The fourth-order valence-electron chi connectivity index (χ4n) is 2.84. The molecule has 2 rings (SSSR count). The van der Waals surface area contributed by atoms with Crippen molar-refractivity contribution < 1.29 is 0 Å². The molecule has 0 amide bonds. The number of hydrogen-bond acceptors (Lipinski definition) is 2. The van der Waals surface area contributed by atoms with Crippen molar-refractivity contribution in [2.75, 3.05) is 20.1 Å². The minimum atomic E-state index is 0.317. The van der Waals surface area contributed by atoms with Gasteiger partial charge in [-0.05, 0) is 45.0 Å². The lowest BCUT2D eigenvalue weighted by Crippen LogP contribution is -2.38. The first-order valence-electron chi connectivity index (χ1n) is 6.49. The highest BCUT2D eigenvalue weighted by Crippen LogP contribution is 2.35. The van der Waals surface area contributed by atoms with Crippen molar-refractivity contribution in [3.8, 4) is 0 Å². The second-order valence-corrected chi connectivity index (χ2v) is 5.70. The average Bonchev–Trinajstić information content (AvgIpc) is 2.80. The SMILES string of the molecule is CNCC1CCCN1C(C)c1cccc(Cl)c1Cl. The van der Waals surface area contributed by atoms with Gasteiger partial charge in [-0.2, -0.15) is 0 Å². The maximum absolute atomic E-state index is 6.32. The van der Waals surface area contributed by atoms with Crippen molar-refractivity contribution in [1.29, 1.82) is 0 Å². The molecule has 1 aliphatic rings. The normalized spacial score (nSPS) is 22.3. The van der Waals surface area contributed by atoms with Crippen LogP contribution in [0.1, 0.15) is 31.4 Å². The molecule has 0 saturated carbocycles. The molecular formula is C14H20Cl2N2. The summed E-state index contributed by atoms with van der Waals surface area (Å²) in [7, 11) is 2.01. The molecule has 4 heteroatoms. The first kappa shape index (κ1) is 14.1. The van der Waals surface area contributed by atoms with Crippen LogP contribution in [0.4, 0.5) is 0 Å². The lowest BCUT2D eigenvalue weighted by Gasteiger charge is -2.31. The van der Waals surface area contributed by atoms with Gasteiger partial charge in [0.1, 0.15) is 0 Å². The fourth-order valence-corrected chi connectivity index (χ4v) is 3.31. The standard InChI is InChI=1S/C14H20Cl2N2/c1-10(12-6-3-7-13(15)14(12)16)18-8-4-5-11(18)9-17-2/h3,6-7,10-11,17H,4-5,8-9H2,1-2H3. The Morgan fingerprint density at radius 1 is 1.44 bits per heavy atom. The maximum Gasteiger partial charge on any atom is 0.0640 e. The van der Waals surface area contributed by atoms with Gasteiger partial charge in [0.2, 0.25) is 0 Å². The number of likely N-dealkylation sites (N-methyl/N-ethyl adjacent to an activating group) is 1. The van der Waals surface area contributed by atoms with E-state index in [4.69, 9.17) is 23.2 Å². The summed E-state index contributed by atoms with van der Waals surface area (Å²) >= 11 is 12.4. The van der Waals surface area contributed by atoms with Crippen molar-refractivity contribution in [2.45, 2.75) is 31.8 Å². The second-order valence-electron chi connectivity index (χ2n) is 4.91. The lowest BCUT2D eigenvalue weighted by atomic mass is 10.1. The molecule has 1 N–H and O–H groups in total. The second kappa shape index (κ2) is 6.25. The molecule has 18 heavy (non-hydrogen) atoms. The Bertz CT molecular complexity index is 409. The lowest BCUT2D eigenvalue weighted by molar-refractivity contribution is 0.191. The third-order valence-electron chi connectivity index (χ3n) is 3.79. The molecule has 1 heterocycles. The Hall–Kier alpha value is -0.280. The number of nitrogens with one attached hydrogen (secondary N) is 1. The summed E-state index contributed by atoms with van der Waals surface area (Å²) < 4.78 is 0. The summed E-state index contributed by atoms with van der Waals surface area (Å²) in [4.78, 5) is 2.52. The Kier molecular flexibility index (Phi) is 4.91. The maximum atomic E-state index is 6.32. The van der Waals surface area contributed by atoms with Gasteiger partial charge < -0.3 is 5.32 Å². The number of hydrogen-bond donors (Lipinski definition) is 1. The molecule has 1 saturated heterocycles. The van der Waals surface area contributed by atoms with Gasteiger partial charge in [-0.25, -0.2) is 0 Å². The van der Waals surface area contributed by atoms with Crippen LogP contribution >= 0.6 is 23.2 Å². The van der Waals surface area contributed by atoms with Crippen LogP contribution in [-0.4, -0.2) is 31.1 Å². The van der Waals surface area contributed by atoms with E-state index in [2.05, 4.69) is 23.2 Å². The average molecular weight is 287 g/mol. The summed E-state index contributed by atoms with van der Waals surface area (Å²) in [5.41, 5.74) is 1.13. The molecule has 0 aliphatic carbocycles. The van der Waals surface area contributed by atoms with Crippen LogP contribution < -0.4 is 5.32 Å². The van der Waals surface area contributed by atoms with E-state index in [1.54, 1.807) is 0 Å². The van der Waals surface area contributed by atoms with Gasteiger partial charge in [0.15, 0.2) is 0 Å². The number of rotatable bonds is 4. The molecule has 2 nitrogen and oxygen atoms in total. The van der Waals surface area contributed by atoms with Crippen LogP contribution in [0, 0.1) is 0 Å². The van der Waals surface area contributed by atoms with Gasteiger partial charge in [0, 0.05) is 18.6 Å². The minimum absolute atomic E-state index is 0.317. The van der Waals surface area contributed by atoms with Gasteiger partial charge in [-0.15, -0.1) is 0 Å². The number of benzene rings is 1. The van der Waals surface area contributed by atoms with Crippen molar-refractivity contribution >= 4 is 23.2 Å². The van der Waals surface area contributed by atoms with Crippen molar-refractivity contribution in [2.24, 2.45) is 0 Å². The Morgan fingerprint density at radius 2 is 2.22 bits per heavy atom. The van der Waals surface area contributed by atoms with Crippen molar-refractivity contribution in [1.82, 2.24) is 10.2 Å². The molecule has 1 fully saturated rings. The number of likely N-dealkylation sites (tertiary alicyclic amines) is 1. The summed E-state index contributed by atoms with van der Waals surface area (Å²) in [6, 6.07) is 6.81. The Balaban J connectivity index is 2.19. The quantitative estimate of drug-likeness (QED) is 0.907. The number of nitrogens with zero attached hydrogens (tertiary/aromatic N) is 1. The molecule has 0 spiro atoms. The highest BCUT2D eigenvalue weighted by Gasteiger charge is 2.29. The summed E-state index contributed by atoms with van der Waals surface area (Å²) in [5.74, 6) is 0. The van der Waals surface area contributed by atoms with Crippen molar-refractivity contribution in [3.05, 3.63) is 33.8 Å². The monoisotopic (exact) mass is 286 g/mol. The molecule has 1 aromatic carbocycles. The van der Waals surface area contributed by atoms with Crippen LogP contribution in [0.15, 0.2) is 18.2 Å². The predicted octanol–water partition coefficient (Wildman–Crippen LogP) is 3.74. The Labute approximate surface area is 119 Å². The smallest absolute Gasteiger partial charge is 0.0640 e. The molecule has 2 unspecified atom stereocenters. The van der Waals surface area contributed by atoms with Gasteiger partial charge in [0.25, 0.3) is 0 Å². The largest absolute Gasteiger partial charge is 0.318 e. The zero-order valence-electron chi connectivity index (χ0n) is 10.9. The van der Waals surface area contributed by atoms with Gasteiger partial charge in [-0.1, -0.05) is 35.3 Å². The molecule has 0 bridgehead atoms. The molecule has 100 valence electrons. The van der Waals surface area contributed by atoms with Crippen LogP contribution in [0.3, 0.4) is 0 Å². The molecule has 0 radical (unpaired) electrons. The zero-order valence-corrected chi connectivity index (χ0v) is 12.4. The van der Waals surface area contributed by atoms with E-state index < -0.39 is 0 Å². The summed E-state index contributed by atoms with van der Waals surface area (Å²) in [5, 5.41) is 4.61. The third-order valence-corrected chi connectivity index (χ3v) is 4.62. The molecule has 2 atom stereocenters. The van der Waals surface area contributed by atoms with Crippen LogP contribution in [0.2, 0.25) is 10.0 Å². The van der Waals surface area contributed by atoms with E-state index in [-0.39, 0.29) is 0 Å². The molecule has 0 aromatic heterocycles. The molecule has 1 aromatic rings. The number of halogens is 2. The van der Waals surface area contributed by atoms with E-state index in [1.807, 2.05) is 19.2 Å². The van der Waals surface area contributed by atoms with Crippen LogP contribution in [0.5, 0.6) is 0 Å². The van der Waals surface area contributed by atoms with Crippen molar-refractivity contribution in [3.63, 3.8) is 0 Å². The highest BCUT2D eigenvalue weighted by molar-refractivity contribution is 6.42. The van der Waals surface area contributed by atoms with E-state index >= 15 is 0 Å². The fraction of sp³-hybridized carbons (Fsp3) is 0.571. The topological polar surface area (TPSA) is 15.3 Å². The van der Waals surface area contributed by atoms with Gasteiger partial charge in [0.05, 0.1) is 10.0 Å².